The van der Waals surface area contributed by atoms with E-state index < -0.39 is 10.8 Å². The van der Waals surface area contributed by atoms with E-state index >= 15 is 0 Å². The van der Waals surface area contributed by atoms with Crippen molar-refractivity contribution in [2.24, 2.45) is 0 Å². The van der Waals surface area contributed by atoms with Crippen molar-refractivity contribution in [2.45, 2.75) is 13.5 Å². The van der Waals surface area contributed by atoms with Gasteiger partial charge in [0.2, 0.25) is 0 Å². The highest BCUT2D eigenvalue weighted by molar-refractivity contribution is 6.00. The minimum atomic E-state index is -0.659. The molecule has 104 valence electrons. The van der Waals surface area contributed by atoms with Gasteiger partial charge in [-0.2, -0.15) is 5.10 Å². The van der Waals surface area contributed by atoms with E-state index in [1.54, 1.807) is 6.20 Å². The summed E-state index contributed by atoms with van der Waals surface area (Å²) in [5.41, 5.74) is 6.70. The predicted molar refractivity (Wildman–Crippen MR) is 72.0 cm³/mol. The van der Waals surface area contributed by atoms with E-state index in [1.807, 2.05) is 6.92 Å². The summed E-state index contributed by atoms with van der Waals surface area (Å²) in [6.07, 6.45) is 1.59. The Kier molecular flexibility index (Phi) is 3.65. The standard InChI is InChI=1S/C12H13N5O3/c1-7-8(6-15-16-7)5-14-12(18)9-3-2-4-10(13)11(9)17(19)20/h2-4,6H,5,13H2,1H3,(H,14,18)(H,15,16). The molecule has 0 aliphatic rings. The van der Waals surface area contributed by atoms with Gasteiger partial charge in [0.25, 0.3) is 5.91 Å². The molecule has 2 aromatic rings. The number of carbonyl (C=O) groups is 1. The lowest BCUT2D eigenvalue weighted by Gasteiger charge is -2.06. The molecule has 0 aliphatic heterocycles. The molecular formula is C12H13N5O3. The first kappa shape index (κ1) is 13.5. The fourth-order valence-electron chi connectivity index (χ4n) is 1.77. The molecule has 0 saturated heterocycles. The number of rotatable bonds is 4. The molecule has 1 amide bonds. The maximum absolute atomic E-state index is 12.0. The van der Waals surface area contributed by atoms with Crippen LogP contribution in [-0.4, -0.2) is 21.0 Å². The van der Waals surface area contributed by atoms with Crippen LogP contribution >= 0.6 is 0 Å². The Labute approximate surface area is 114 Å². The third-order valence-corrected chi connectivity index (χ3v) is 2.87. The molecule has 4 N–H and O–H groups in total. The Morgan fingerprint density at radius 1 is 1.55 bits per heavy atom. The Hall–Kier alpha value is -2.90. The molecule has 0 saturated carbocycles. The van der Waals surface area contributed by atoms with Crippen LogP contribution in [0, 0.1) is 17.0 Å². The number of aromatic nitrogens is 2. The minimum Gasteiger partial charge on any atom is -0.393 e. The van der Waals surface area contributed by atoms with E-state index in [9.17, 15) is 14.9 Å². The number of nitro benzene ring substituents is 1. The lowest BCUT2D eigenvalue weighted by Crippen LogP contribution is -2.24. The molecule has 8 nitrogen and oxygen atoms in total. The second-order valence-corrected chi connectivity index (χ2v) is 4.20. The van der Waals surface area contributed by atoms with Crippen molar-refractivity contribution in [3.05, 3.63) is 51.3 Å². The van der Waals surface area contributed by atoms with Crippen molar-refractivity contribution in [3.63, 3.8) is 0 Å². The summed E-state index contributed by atoms with van der Waals surface area (Å²) >= 11 is 0. The molecule has 0 fully saturated rings. The van der Waals surface area contributed by atoms with Crippen LogP contribution in [0.3, 0.4) is 0 Å². The van der Waals surface area contributed by atoms with Crippen molar-refractivity contribution in [3.8, 4) is 0 Å². The molecule has 1 heterocycles. The van der Waals surface area contributed by atoms with Gasteiger partial charge in [-0.1, -0.05) is 6.07 Å². The molecule has 1 aromatic carbocycles. The molecule has 2 rings (SSSR count). The van der Waals surface area contributed by atoms with Crippen LogP contribution in [0.1, 0.15) is 21.6 Å². The number of carbonyl (C=O) groups excluding carboxylic acids is 1. The van der Waals surface area contributed by atoms with Crippen molar-refractivity contribution in [1.82, 2.24) is 15.5 Å². The molecule has 8 heteroatoms. The van der Waals surface area contributed by atoms with Gasteiger partial charge in [-0.05, 0) is 19.1 Å². The third-order valence-electron chi connectivity index (χ3n) is 2.87. The lowest BCUT2D eigenvalue weighted by atomic mass is 10.1. The van der Waals surface area contributed by atoms with Crippen molar-refractivity contribution in [1.29, 1.82) is 0 Å². The number of nitrogens with zero attached hydrogens (tertiary/aromatic N) is 2. The quantitative estimate of drug-likeness (QED) is 0.438. The topological polar surface area (TPSA) is 127 Å². The highest BCUT2D eigenvalue weighted by Crippen LogP contribution is 2.25. The van der Waals surface area contributed by atoms with Crippen LogP contribution in [-0.2, 0) is 6.54 Å². The van der Waals surface area contributed by atoms with Crippen LogP contribution in [0.25, 0.3) is 0 Å². The first-order chi connectivity index (χ1) is 9.50. The molecule has 0 unspecified atom stereocenters. The van der Waals surface area contributed by atoms with E-state index in [-0.39, 0.29) is 23.5 Å². The monoisotopic (exact) mass is 275 g/mol. The maximum atomic E-state index is 12.0. The summed E-state index contributed by atoms with van der Waals surface area (Å²) in [7, 11) is 0. The highest BCUT2D eigenvalue weighted by atomic mass is 16.6. The second-order valence-electron chi connectivity index (χ2n) is 4.20. The normalized spacial score (nSPS) is 10.2. The summed E-state index contributed by atoms with van der Waals surface area (Å²) < 4.78 is 0. The minimum absolute atomic E-state index is 0.0397. The first-order valence-electron chi connectivity index (χ1n) is 5.80. The number of nitro groups is 1. The van der Waals surface area contributed by atoms with Gasteiger partial charge >= 0.3 is 5.69 Å². The van der Waals surface area contributed by atoms with E-state index in [1.165, 1.54) is 18.2 Å². The maximum Gasteiger partial charge on any atom is 0.304 e. The summed E-state index contributed by atoms with van der Waals surface area (Å²) in [6, 6.07) is 4.25. The molecule has 0 bridgehead atoms. The van der Waals surface area contributed by atoms with Gasteiger partial charge in [0.1, 0.15) is 11.3 Å². The summed E-state index contributed by atoms with van der Waals surface area (Å²) in [5.74, 6) is -0.551. The van der Waals surface area contributed by atoms with Crippen LogP contribution in [0.15, 0.2) is 24.4 Å². The summed E-state index contributed by atoms with van der Waals surface area (Å²) in [5, 5.41) is 20.1. The zero-order valence-corrected chi connectivity index (χ0v) is 10.7. The van der Waals surface area contributed by atoms with Gasteiger partial charge in [-0.3, -0.25) is 20.0 Å². The van der Waals surface area contributed by atoms with Gasteiger partial charge in [-0.15, -0.1) is 0 Å². The van der Waals surface area contributed by atoms with Gasteiger partial charge in [0, 0.05) is 17.8 Å². The van der Waals surface area contributed by atoms with Crippen LogP contribution in [0.5, 0.6) is 0 Å². The number of amides is 1. The number of aryl methyl sites for hydroxylation is 1. The number of anilines is 1. The molecule has 1 aromatic heterocycles. The zero-order valence-electron chi connectivity index (χ0n) is 10.7. The molecular weight excluding hydrogens is 262 g/mol. The number of nitrogen functional groups attached to an aromatic ring is 1. The van der Waals surface area contributed by atoms with Gasteiger partial charge in [-0.25, -0.2) is 0 Å². The van der Waals surface area contributed by atoms with Gasteiger partial charge < -0.3 is 11.1 Å². The number of aromatic amines is 1. The fraction of sp³-hybridized carbons (Fsp3) is 0.167. The number of nitrogens with two attached hydrogens (primary N) is 1. The lowest BCUT2D eigenvalue weighted by molar-refractivity contribution is -0.384. The highest BCUT2D eigenvalue weighted by Gasteiger charge is 2.22. The van der Waals surface area contributed by atoms with Crippen LogP contribution < -0.4 is 11.1 Å². The Morgan fingerprint density at radius 2 is 2.30 bits per heavy atom. The Morgan fingerprint density at radius 3 is 2.90 bits per heavy atom. The third kappa shape index (κ3) is 2.58. The van der Waals surface area contributed by atoms with Gasteiger partial charge in [0.15, 0.2) is 0 Å². The number of hydrogen-bond donors (Lipinski definition) is 3. The molecule has 0 aliphatic carbocycles. The predicted octanol–water partition coefficient (Wildman–Crippen LogP) is 1.14. The van der Waals surface area contributed by atoms with E-state index in [2.05, 4.69) is 15.5 Å². The SMILES string of the molecule is Cc1[nH]ncc1CNC(=O)c1cccc(N)c1[N+](=O)[O-]. The summed E-state index contributed by atoms with van der Waals surface area (Å²) in [6.45, 7) is 2.05. The molecule has 0 radical (unpaired) electrons. The average molecular weight is 275 g/mol. The number of nitrogens with one attached hydrogen (secondary N) is 2. The van der Waals surface area contributed by atoms with E-state index in [0.29, 0.717) is 0 Å². The van der Waals surface area contributed by atoms with E-state index in [0.717, 1.165) is 11.3 Å². The van der Waals surface area contributed by atoms with Crippen molar-refractivity contribution < 1.29 is 9.72 Å². The molecule has 20 heavy (non-hydrogen) atoms. The number of benzene rings is 1. The van der Waals surface area contributed by atoms with Crippen LogP contribution in [0.2, 0.25) is 0 Å². The van der Waals surface area contributed by atoms with Gasteiger partial charge in [0.05, 0.1) is 11.1 Å². The Bertz CT molecular complexity index is 665. The van der Waals surface area contributed by atoms with Crippen molar-refractivity contribution >= 4 is 17.3 Å². The number of para-hydroxylation sites is 1. The van der Waals surface area contributed by atoms with Crippen LogP contribution in [0.4, 0.5) is 11.4 Å². The summed E-state index contributed by atoms with van der Waals surface area (Å²) in [4.78, 5) is 22.3. The molecule has 0 spiro atoms. The van der Waals surface area contributed by atoms with E-state index in [4.69, 9.17) is 5.73 Å². The average Bonchev–Trinajstić information content (AvgIpc) is 2.80. The zero-order chi connectivity index (χ0) is 14.7. The first-order valence-corrected chi connectivity index (χ1v) is 5.80. The second kappa shape index (κ2) is 5.39. The number of hydrogen-bond acceptors (Lipinski definition) is 5. The van der Waals surface area contributed by atoms with Crippen molar-refractivity contribution in [2.75, 3.05) is 5.73 Å². The smallest absolute Gasteiger partial charge is 0.304 e. The Balaban J connectivity index is 2.20. The largest absolute Gasteiger partial charge is 0.393 e. The fourth-order valence-corrected chi connectivity index (χ4v) is 1.77. The molecule has 0 atom stereocenters. The number of H-pyrrole nitrogens is 1.